The van der Waals surface area contributed by atoms with Crippen LogP contribution in [0.1, 0.15) is 58.6 Å². The van der Waals surface area contributed by atoms with Crippen LogP contribution in [0.15, 0.2) is 28.7 Å². The Balaban J connectivity index is 2.60. The summed E-state index contributed by atoms with van der Waals surface area (Å²) >= 11 is 3.48. The number of hydrogen-bond acceptors (Lipinski definition) is 2. The fraction of sp³-hybridized carbons (Fsp3) is 0.647. The summed E-state index contributed by atoms with van der Waals surface area (Å²) in [5.41, 5.74) is 1.35. The number of nitrogens with one attached hydrogen (secondary N) is 1. The van der Waals surface area contributed by atoms with Crippen LogP contribution in [-0.4, -0.2) is 18.7 Å². The minimum atomic E-state index is 0.112. The zero-order chi connectivity index (χ0) is 15.0. The van der Waals surface area contributed by atoms with Crippen LogP contribution < -0.4 is 5.32 Å². The lowest BCUT2D eigenvalue weighted by atomic mass is 10.1. The molecular weight excluding hydrogens is 314 g/mol. The standard InChI is InChI=1S/C17H28BrNO/c1-5-6-7-12-20-16(13-19-17(2,3)4)14-8-10-15(18)11-9-14/h8-11,16,19H,5-7,12-13H2,1-4H3. The summed E-state index contributed by atoms with van der Waals surface area (Å²) < 4.78 is 7.19. The topological polar surface area (TPSA) is 21.3 Å². The van der Waals surface area contributed by atoms with E-state index in [9.17, 15) is 0 Å². The van der Waals surface area contributed by atoms with Crippen molar-refractivity contribution in [1.29, 1.82) is 0 Å². The molecule has 114 valence electrons. The lowest BCUT2D eigenvalue weighted by Gasteiger charge is -2.26. The van der Waals surface area contributed by atoms with Crippen molar-refractivity contribution in [3.8, 4) is 0 Å². The first-order valence-corrected chi connectivity index (χ1v) is 8.34. The highest BCUT2D eigenvalue weighted by Crippen LogP contribution is 2.21. The average Bonchev–Trinajstić information content (AvgIpc) is 2.38. The van der Waals surface area contributed by atoms with Gasteiger partial charge in [-0.3, -0.25) is 0 Å². The molecule has 3 heteroatoms. The maximum absolute atomic E-state index is 6.09. The van der Waals surface area contributed by atoms with Gasteiger partial charge in [-0.15, -0.1) is 0 Å². The second-order valence-electron chi connectivity index (χ2n) is 6.25. The first-order chi connectivity index (χ1) is 9.42. The maximum Gasteiger partial charge on any atom is 0.0949 e. The van der Waals surface area contributed by atoms with Crippen LogP contribution in [0.2, 0.25) is 0 Å². The molecule has 0 heterocycles. The van der Waals surface area contributed by atoms with E-state index in [-0.39, 0.29) is 11.6 Å². The summed E-state index contributed by atoms with van der Waals surface area (Å²) in [7, 11) is 0. The van der Waals surface area contributed by atoms with Gasteiger partial charge in [-0.2, -0.15) is 0 Å². The van der Waals surface area contributed by atoms with Crippen LogP contribution in [0.25, 0.3) is 0 Å². The zero-order valence-corrected chi connectivity index (χ0v) is 14.8. The highest BCUT2D eigenvalue weighted by atomic mass is 79.9. The third-order valence-electron chi connectivity index (χ3n) is 3.13. The van der Waals surface area contributed by atoms with E-state index in [1.54, 1.807) is 0 Å². The van der Waals surface area contributed by atoms with Gasteiger partial charge in [-0.1, -0.05) is 47.8 Å². The quantitative estimate of drug-likeness (QED) is 0.665. The van der Waals surface area contributed by atoms with Gasteiger partial charge in [0.1, 0.15) is 0 Å². The fourth-order valence-corrected chi connectivity index (χ4v) is 2.19. The molecule has 1 rings (SSSR count). The lowest BCUT2D eigenvalue weighted by molar-refractivity contribution is 0.0458. The molecule has 0 aliphatic heterocycles. The Morgan fingerprint density at radius 2 is 1.80 bits per heavy atom. The predicted molar refractivity (Wildman–Crippen MR) is 90.1 cm³/mol. The smallest absolute Gasteiger partial charge is 0.0949 e. The second kappa shape index (κ2) is 8.81. The summed E-state index contributed by atoms with van der Waals surface area (Å²) in [5.74, 6) is 0. The molecule has 1 unspecified atom stereocenters. The summed E-state index contributed by atoms with van der Waals surface area (Å²) in [6.45, 7) is 10.4. The molecule has 0 fully saturated rings. The number of unbranched alkanes of at least 4 members (excludes halogenated alkanes) is 2. The molecule has 2 nitrogen and oxygen atoms in total. The van der Waals surface area contributed by atoms with Gasteiger partial charge in [-0.25, -0.2) is 0 Å². The van der Waals surface area contributed by atoms with Crippen molar-refractivity contribution in [3.63, 3.8) is 0 Å². The highest BCUT2D eigenvalue weighted by Gasteiger charge is 2.16. The minimum absolute atomic E-state index is 0.112. The molecule has 1 N–H and O–H groups in total. The number of hydrogen-bond donors (Lipinski definition) is 1. The van der Waals surface area contributed by atoms with E-state index in [0.29, 0.717) is 0 Å². The molecule has 1 aromatic rings. The molecule has 0 bridgehead atoms. The Hall–Kier alpha value is -0.380. The number of ether oxygens (including phenoxy) is 1. The normalized spacial score (nSPS) is 13.4. The molecule has 0 aromatic heterocycles. The Labute approximate surface area is 132 Å². The van der Waals surface area contributed by atoms with Crippen LogP contribution in [0.4, 0.5) is 0 Å². The van der Waals surface area contributed by atoms with Crippen molar-refractivity contribution in [2.75, 3.05) is 13.2 Å². The van der Waals surface area contributed by atoms with Gasteiger partial charge in [0.2, 0.25) is 0 Å². The average molecular weight is 342 g/mol. The third-order valence-corrected chi connectivity index (χ3v) is 3.66. The number of benzene rings is 1. The molecule has 20 heavy (non-hydrogen) atoms. The second-order valence-corrected chi connectivity index (χ2v) is 7.16. The monoisotopic (exact) mass is 341 g/mol. The van der Waals surface area contributed by atoms with Crippen LogP contribution >= 0.6 is 15.9 Å². The molecule has 0 spiro atoms. The van der Waals surface area contributed by atoms with Gasteiger partial charge in [0.05, 0.1) is 6.10 Å². The van der Waals surface area contributed by atoms with Gasteiger partial charge in [0.15, 0.2) is 0 Å². The van der Waals surface area contributed by atoms with Gasteiger partial charge < -0.3 is 10.1 Å². The van der Waals surface area contributed by atoms with E-state index in [1.807, 2.05) is 0 Å². The first-order valence-electron chi connectivity index (χ1n) is 7.54. The molecule has 0 aliphatic carbocycles. The first kappa shape index (κ1) is 17.7. The Morgan fingerprint density at radius 3 is 2.35 bits per heavy atom. The van der Waals surface area contributed by atoms with Crippen LogP contribution in [0.5, 0.6) is 0 Å². The van der Waals surface area contributed by atoms with Crippen molar-refractivity contribution in [1.82, 2.24) is 5.32 Å². The SMILES string of the molecule is CCCCCOC(CNC(C)(C)C)c1ccc(Br)cc1. The molecule has 1 aromatic carbocycles. The third kappa shape index (κ3) is 7.41. The molecule has 0 aliphatic rings. The van der Waals surface area contributed by atoms with Crippen molar-refractivity contribution < 1.29 is 4.74 Å². The van der Waals surface area contributed by atoms with Crippen molar-refractivity contribution in [2.45, 2.75) is 58.6 Å². The van der Waals surface area contributed by atoms with Crippen molar-refractivity contribution >= 4 is 15.9 Å². The summed E-state index contributed by atoms with van der Waals surface area (Å²) in [4.78, 5) is 0. The minimum Gasteiger partial charge on any atom is -0.372 e. The zero-order valence-electron chi connectivity index (χ0n) is 13.2. The number of halogens is 1. The molecule has 0 radical (unpaired) electrons. The Morgan fingerprint density at radius 1 is 1.15 bits per heavy atom. The molecule has 0 saturated carbocycles. The molecule has 0 amide bonds. The number of rotatable bonds is 8. The predicted octanol–water partition coefficient (Wildman–Crippen LogP) is 5.09. The van der Waals surface area contributed by atoms with Crippen LogP contribution in [0.3, 0.4) is 0 Å². The summed E-state index contributed by atoms with van der Waals surface area (Å²) in [6.07, 6.45) is 3.73. The van der Waals surface area contributed by atoms with E-state index in [2.05, 4.69) is 73.2 Å². The molecule has 0 saturated heterocycles. The fourth-order valence-electron chi connectivity index (χ4n) is 1.93. The van der Waals surface area contributed by atoms with E-state index in [0.717, 1.165) is 24.0 Å². The van der Waals surface area contributed by atoms with Crippen molar-refractivity contribution in [2.24, 2.45) is 0 Å². The Kier molecular flexibility index (Phi) is 7.78. The molecular formula is C17H28BrNO. The summed E-state index contributed by atoms with van der Waals surface area (Å²) in [6, 6.07) is 8.43. The lowest BCUT2D eigenvalue weighted by Crippen LogP contribution is -2.39. The largest absolute Gasteiger partial charge is 0.372 e. The molecule has 1 atom stereocenters. The van der Waals surface area contributed by atoms with Gasteiger partial charge in [0, 0.05) is 23.2 Å². The van der Waals surface area contributed by atoms with E-state index in [4.69, 9.17) is 4.74 Å². The Bertz CT molecular complexity index is 370. The van der Waals surface area contributed by atoms with E-state index in [1.165, 1.54) is 18.4 Å². The van der Waals surface area contributed by atoms with Crippen molar-refractivity contribution in [3.05, 3.63) is 34.3 Å². The van der Waals surface area contributed by atoms with E-state index >= 15 is 0 Å². The van der Waals surface area contributed by atoms with E-state index < -0.39 is 0 Å². The van der Waals surface area contributed by atoms with Gasteiger partial charge >= 0.3 is 0 Å². The van der Waals surface area contributed by atoms with Gasteiger partial charge in [0.25, 0.3) is 0 Å². The van der Waals surface area contributed by atoms with Crippen LogP contribution in [0, 0.1) is 0 Å². The maximum atomic E-state index is 6.09. The van der Waals surface area contributed by atoms with Crippen LogP contribution in [-0.2, 0) is 4.74 Å². The highest BCUT2D eigenvalue weighted by molar-refractivity contribution is 9.10. The summed E-state index contributed by atoms with van der Waals surface area (Å²) in [5, 5.41) is 3.54. The van der Waals surface area contributed by atoms with Gasteiger partial charge in [-0.05, 0) is 44.9 Å².